The van der Waals surface area contributed by atoms with E-state index in [1.807, 2.05) is 54.4 Å². The van der Waals surface area contributed by atoms with Gasteiger partial charge in [-0.3, -0.25) is 4.79 Å². The van der Waals surface area contributed by atoms with Crippen LogP contribution in [0, 0.1) is 6.07 Å². The number of carbonyl (C=O) groups excluding carboxylic acids is 1. The minimum Gasteiger partial charge on any atom is -0.367 e. The van der Waals surface area contributed by atoms with E-state index in [9.17, 15) is 4.79 Å². The summed E-state index contributed by atoms with van der Waals surface area (Å²) in [7, 11) is 3.49. The topological polar surface area (TPSA) is 34.0 Å². The normalized spacial score (nSPS) is 17.7. The van der Waals surface area contributed by atoms with E-state index in [1.54, 1.807) is 7.11 Å². The highest BCUT2D eigenvalue weighted by atomic mass is 16.5. The van der Waals surface area contributed by atoms with E-state index in [-0.39, 0.29) is 11.9 Å². The largest absolute Gasteiger partial charge is 0.367 e. The number of ether oxygens (including phenoxy) is 1. The van der Waals surface area contributed by atoms with E-state index >= 15 is 0 Å². The van der Waals surface area contributed by atoms with Crippen LogP contribution < -0.4 is 0 Å². The summed E-state index contributed by atoms with van der Waals surface area (Å²) in [6.45, 7) is 0. The number of likely N-dealkylation sites (N-methyl/N-ethyl adjacent to an activating group) is 1. The summed E-state index contributed by atoms with van der Waals surface area (Å²) >= 11 is 0. The van der Waals surface area contributed by atoms with Crippen molar-refractivity contribution in [2.24, 2.45) is 0 Å². The highest BCUT2D eigenvalue weighted by Crippen LogP contribution is 2.29. The van der Waals surface area contributed by atoms with Crippen molar-refractivity contribution in [2.45, 2.75) is 31.4 Å². The van der Waals surface area contributed by atoms with E-state index in [4.69, 9.17) is 4.74 Å². The Hall–Kier alpha value is -2.59. The molecule has 0 bridgehead atoms. The fourth-order valence-corrected chi connectivity index (χ4v) is 3.92. The molecule has 1 aliphatic rings. The Kier molecular flexibility index (Phi) is 4.51. The van der Waals surface area contributed by atoms with E-state index in [0.717, 1.165) is 30.3 Å². The number of fused-ring (bicyclic) bond motifs is 3. The van der Waals surface area contributed by atoms with Gasteiger partial charge >= 0.3 is 0 Å². The van der Waals surface area contributed by atoms with Crippen molar-refractivity contribution >= 4 is 11.4 Å². The molecule has 0 saturated heterocycles. The van der Waals surface area contributed by atoms with Crippen molar-refractivity contribution in [3.63, 3.8) is 0 Å². The van der Waals surface area contributed by atoms with Gasteiger partial charge in [0, 0.05) is 44.6 Å². The van der Waals surface area contributed by atoms with Gasteiger partial charge in [0.1, 0.15) is 0 Å². The molecule has 4 nitrogen and oxygen atoms in total. The predicted molar refractivity (Wildman–Crippen MR) is 101 cm³/mol. The van der Waals surface area contributed by atoms with Crippen LogP contribution in [0.2, 0.25) is 0 Å². The lowest BCUT2D eigenvalue weighted by Crippen LogP contribution is -2.43. The molecular formula is C22H23N2O2. The highest BCUT2D eigenvalue weighted by Gasteiger charge is 2.31. The molecule has 4 heteroatoms. The Morgan fingerprint density at radius 1 is 1.23 bits per heavy atom. The van der Waals surface area contributed by atoms with Crippen LogP contribution in [0.15, 0.2) is 54.7 Å². The molecule has 1 amide bonds. The number of hydrogen-bond acceptors (Lipinski definition) is 2. The summed E-state index contributed by atoms with van der Waals surface area (Å²) in [5.74, 6) is 0.0111. The molecule has 1 radical (unpaired) electrons. The molecule has 1 aliphatic carbocycles. The van der Waals surface area contributed by atoms with Gasteiger partial charge in [0.25, 0.3) is 5.91 Å². The fraction of sp³-hybridized carbons (Fsp3) is 0.318. The van der Waals surface area contributed by atoms with Gasteiger partial charge in [-0.15, -0.1) is 0 Å². The lowest BCUT2D eigenvalue weighted by Gasteiger charge is -2.33. The van der Waals surface area contributed by atoms with Crippen LogP contribution in [-0.4, -0.2) is 35.4 Å². The highest BCUT2D eigenvalue weighted by molar-refractivity contribution is 5.82. The van der Waals surface area contributed by atoms with Gasteiger partial charge in [-0.05, 0) is 36.1 Å². The monoisotopic (exact) mass is 347 g/mol. The van der Waals surface area contributed by atoms with Crippen molar-refractivity contribution in [2.75, 3.05) is 14.2 Å². The lowest BCUT2D eigenvalue weighted by atomic mass is 9.92. The number of rotatable bonds is 4. The van der Waals surface area contributed by atoms with Crippen molar-refractivity contribution < 1.29 is 9.53 Å². The number of hydrogen-bond donors (Lipinski definition) is 0. The summed E-state index contributed by atoms with van der Waals surface area (Å²) in [5.41, 5.74) is 4.54. The number of amides is 1. The van der Waals surface area contributed by atoms with E-state index in [1.165, 1.54) is 11.3 Å². The Morgan fingerprint density at radius 2 is 2.00 bits per heavy atom. The molecule has 1 aromatic carbocycles. The van der Waals surface area contributed by atoms with Crippen molar-refractivity contribution in [1.82, 2.24) is 9.30 Å². The average Bonchev–Trinajstić information content (AvgIpc) is 3.06. The molecule has 133 valence electrons. The van der Waals surface area contributed by atoms with Gasteiger partial charge in [0.2, 0.25) is 0 Å². The number of methoxy groups -OCH3 is 1. The second kappa shape index (κ2) is 6.96. The number of benzene rings is 1. The smallest absolute Gasteiger partial charge is 0.256 e. The third-order valence-electron chi connectivity index (χ3n) is 5.39. The lowest BCUT2D eigenvalue weighted by molar-refractivity contribution is -0.143. The molecule has 1 unspecified atom stereocenters. The van der Waals surface area contributed by atoms with Crippen LogP contribution in [0.25, 0.3) is 5.52 Å². The van der Waals surface area contributed by atoms with Crippen LogP contribution in [0.3, 0.4) is 0 Å². The minimum absolute atomic E-state index is 0.0111. The first-order valence-electron chi connectivity index (χ1n) is 9.03. The van der Waals surface area contributed by atoms with Gasteiger partial charge in [-0.25, -0.2) is 0 Å². The zero-order valence-electron chi connectivity index (χ0n) is 15.2. The maximum Gasteiger partial charge on any atom is 0.256 e. The van der Waals surface area contributed by atoms with Crippen molar-refractivity contribution in [1.29, 1.82) is 0 Å². The Bertz CT molecular complexity index is 916. The van der Waals surface area contributed by atoms with Gasteiger partial charge in [-0.2, -0.15) is 0 Å². The van der Waals surface area contributed by atoms with Crippen LogP contribution in [0.4, 0.5) is 0 Å². The zero-order chi connectivity index (χ0) is 18.1. The Labute approximate surface area is 154 Å². The van der Waals surface area contributed by atoms with Crippen LogP contribution in [0.1, 0.15) is 29.3 Å². The third-order valence-corrected chi connectivity index (χ3v) is 5.39. The molecule has 4 rings (SSSR count). The summed E-state index contributed by atoms with van der Waals surface area (Å²) in [6, 6.07) is 19.5. The quantitative estimate of drug-likeness (QED) is 0.724. The third kappa shape index (κ3) is 2.90. The van der Waals surface area contributed by atoms with Crippen LogP contribution >= 0.6 is 0 Å². The van der Waals surface area contributed by atoms with Crippen molar-refractivity contribution in [3.05, 3.63) is 77.6 Å². The maximum absolute atomic E-state index is 13.1. The molecule has 0 fully saturated rings. The molecule has 0 aliphatic heterocycles. The van der Waals surface area contributed by atoms with E-state index in [0.29, 0.717) is 0 Å². The second-order valence-electron chi connectivity index (χ2n) is 6.88. The molecule has 2 atom stereocenters. The summed E-state index contributed by atoms with van der Waals surface area (Å²) < 4.78 is 7.73. The van der Waals surface area contributed by atoms with Crippen LogP contribution in [0.5, 0.6) is 0 Å². The summed E-state index contributed by atoms with van der Waals surface area (Å²) in [6.07, 6.45) is 4.27. The number of aryl methyl sites for hydroxylation is 1. The van der Waals surface area contributed by atoms with Crippen molar-refractivity contribution in [3.8, 4) is 0 Å². The van der Waals surface area contributed by atoms with Gasteiger partial charge in [-0.1, -0.05) is 36.4 Å². The van der Waals surface area contributed by atoms with Gasteiger partial charge < -0.3 is 14.0 Å². The Morgan fingerprint density at radius 3 is 2.77 bits per heavy atom. The molecule has 26 heavy (non-hydrogen) atoms. The van der Waals surface area contributed by atoms with E-state index < -0.39 is 6.10 Å². The minimum atomic E-state index is -0.557. The van der Waals surface area contributed by atoms with Gasteiger partial charge in [0.15, 0.2) is 6.10 Å². The molecule has 2 heterocycles. The summed E-state index contributed by atoms with van der Waals surface area (Å²) in [5, 5.41) is 0. The first-order chi connectivity index (χ1) is 12.7. The molecule has 2 aromatic heterocycles. The fourth-order valence-electron chi connectivity index (χ4n) is 3.92. The molecule has 0 spiro atoms. The van der Waals surface area contributed by atoms with Crippen LogP contribution in [-0.2, 0) is 22.4 Å². The standard InChI is InChI=1S/C22H23N2O2/c1-23(22(25)21(26-2)16-8-4-3-5-9-16)18-12-11-17-14-19-10-6-7-13-24(19)20(17)15-18/h3-10,13,18,21H,11-12,15H2,1-2H3/t18-,21?/m1/s1. The summed E-state index contributed by atoms with van der Waals surface area (Å²) in [4.78, 5) is 14.9. The number of pyridine rings is 1. The number of carbonyl (C=O) groups is 1. The van der Waals surface area contributed by atoms with E-state index in [2.05, 4.69) is 22.7 Å². The molecular weight excluding hydrogens is 324 g/mol. The predicted octanol–water partition coefficient (Wildman–Crippen LogP) is 3.44. The molecule has 3 aromatic rings. The Balaban J connectivity index is 1.57. The number of aromatic nitrogens is 1. The average molecular weight is 347 g/mol. The van der Waals surface area contributed by atoms with Gasteiger partial charge in [0.05, 0.1) is 5.52 Å². The first kappa shape index (κ1) is 16.9. The molecule has 0 saturated carbocycles. The number of nitrogens with zero attached hydrogens (tertiary/aromatic N) is 2. The second-order valence-corrected chi connectivity index (χ2v) is 6.88. The SMILES string of the molecule is COC(C(=O)N(C)[C@@H]1CCc2[c]c3ccccn3c2C1)c1ccccc1. The maximum atomic E-state index is 13.1. The first-order valence-corrected chi connectivity index (χ1v) is 9.03. The zero-order valence-corrected chi connectivity index (χ0v) is 15.2. The molecule has 0 N–H and O–H groups in total.